The summed E-state index contributed by atoms with van der Waals surface area (Å²) in [6.45, 7) is 3.54. The van der Waals surface area contributed by atoms with Gasteiger partial charge in [0.15, 0.2) is 0 Å². The molecule has 2 aromatic carbocycles. The minimum atomic E-state index is -3.42. The molecule has 2 amide bonds. The van der Waals surface area contributed by atoms with Crippen molar-refractivity contribution in [2.24, 2.45) is 0 Å². The van der Waals surface area contributed by atoms with Crippen molar-refractivity contribution < 1.29 is 18.0 Å². The fraction of sp³-hybridized carbons (Fsp3) is 0.300. The fourth-order valence-corrected chi connectivity index (χ4v) is 3.32. The summed E-state index contributed by atoms with van der Waals surface area (Å²) < 4.78 is 25.4. The average Bonchev–Trinajstić information content (AvgIpc) is 2.59. The number of benzene rings is 2. The van der Waals surface area contributed by atoms with E-state index in [-0.39, 0.29) is 24.8 Å². The lowest BCUT2D eigenvalue weighted by atomic mass is 10.0. The zero-order chi connectivity index (χ0) is 20.7. The van der Waals surface area contributed by atoms with Gasteiger partial charge < -0.3 is 10.6 Å². The SMILES string of the molecule is CC(=O)NC(CC(=O)NCc1ccccc1NS(C)(=O)=O)c1ccc(C)cc1. The van der Waals surface area contributed by atoms with Crippen LogP contribution in [0.25, 0.3) is 0 Å². The highest BCUT2D eigenvalue weighted by atomic mass is 32.2. The number of carbonyl (C=O) groups is 2. The normalized spacial score (nSPS) is 12.1. The first-order chi connectivity index (χ1) is 13.1. The van der Waals surface area contributed by atoms with Crippen LogP contribution in [-0.4, -0.2) is 26.5 Å². The van der Waals surface area contributed by atoms with E-state index in [0.29, 0.717) is 11.3 Å². The minimum absolute atomic E-state index is 0.0737. The first kappa shape index (κ1) is 21.4. The van der Waals surface area contributed by atoms with Crippen LogP contribution in [0.4, 0.5) is 5.69 Å². The number of rotatable bonds is 8. The van der Waals surface area contributed by atoms with Gasteiger partial charge in [-0.05, 0) is 24.1 Å². The Bertz CT molecular complexity index is 940. The van der Waals surface area contributed by atoms with Crippen LogP contribution in [0.15, 0.2) is 48.5 Å². The lowest BCUT2D eigenvalue weighted by Crippen LogP contribution is -2.32. The molecular weight excluding hydrogens is 378 g/mol. The van der Waals surface area contributed by atoms with E-state index < -0.39 is 16.1 Å². The van der Waals surface area contributed by atoms with E-state index in [1.807, 2.05) is 31.2 Å². The van der Waals surface area contributed by atoms with E-state index in [9.17, 15) is 18.0 Å². The van der Waals surface area contributed by atoms with Crippen LogP contribution in [0.5, 0.6) is 0 Å². The van der Waals surface area contributed by atoms with Crippen LogP contribution >= 0.6 is 0 Å². The topological polar surface area (TPSA) is 104 Å². The molecule has 3 N–H and O–H groups in total. The van der Waals surface area contributed by atoms with Gasteiger partial charge in [-0.1, -0.05) is 48.0 Å². The van der Waals surface area contributed by atoms with Crippen molar-refractivity contribution in [1.82, 2.24) is 10.6 Å². The monoisotopic (exact) mass is 403 g/mol. The van der Waals surface area contributed by atoms with E-state index in [1.54, 1.807) is 24.3 Å². The molecule has 0 spiro atoms. The zero-order valence-electron chi connectivity index (χ0n) is 16.2. The Morgan fingerprint density at radius 1 is 1.04 bits per heavy atom. The molecule has 0 fully saturated rings. The maximum atomic E-state index is 12.4. The number of para-hydroxylation sites is 1. The standard InChI is InChI=1S/C20H25N3O4S/c1-14-8-10-16(11-9-14)19(22-15(2)24)12-20(25)21-13-17-6-4-5-7-18(17)23-28(3,26)27/h4-11,19,23H,12-13H2,1-3H3,(H,21,25)(H,22,24). The predicted octanol–water partition coefficient (Wildman–Crippen LogP) is 2.25. The van der Waals surface area contributed by atoms with Gasteiger partial charge in [0.2, 0.25) is 21.8 Å². The van der Waals surface area contributed by atoms with E-state index in [1.165, 1.54) is 6.92 Å². The highest BCUT2D eigenvalue weighted by Crippen LogP contribution is 2.19. The van der Waals surface area contributed by atoms with Gasteiger partial charge in [-0.3, -0.25) is 14.3 Å². The molecule has 150 valence electrons. The third kappa shape index (κ3) is 7.03. The van der Waals surface area contributed by atoms with Crippen LogP contribution in [-0.2, 0) is 26.2 Å². The van der Waals surface area contributed by atoms with Crippen LogP contribution in [0.3, 0.4) is 0 Å². The summed E-state index contributed by atoms with van der Waals surface area (Å²) in [5.74, 6) is -0.477. The summed E-state index contributed by atoms with van der Waals surface area (Å²) >= 11 is 0. The summed E-state index contributed by atoms with van der Waals surface area (Å²) in [4.78, 5) is 24.0. The quantitative estimate of drug-likeness (QED) is 0.629. The van der Waals surface area contributed by atoms with Crippen molar-refractivity contribution in [3.05, 3.63) is 65.2 Å². The van der Waals surface area contributed by atoms with Crippen LogP contribution in [0, 0.1) is 6.92 Å². The average molecular weight is 404 g/mol. The summed E-state index contributed by atoms with van der Waals surface area (Å²) in [5.41, 5.74) is 3.00. The largest absolute Gasteiger partial charge is 0.352 e. The molecule has 0 aliphatic carbocycles. The van der Waals surface area contributed by atoms with Crippen molar-refractivity contribution >= 4 is 27.5 Å². The number of hydrogen-bond donors (Lipinski definition) is 3. The minimum Gasteiger partial charge on any atom is -0.352 e. The molecule has 2 rings (SSSR count). The molecule has 0 aliphatic rings. The number of carbonyl (C=O) groups excluding carboxylic acids is 2. The third-order valence-electron chi connectivity index (χ3n) is 4.04. The molecule has 1 atom stereocenters. The molecule has 0 aliphatic heterocycles. The molecule has 0 radical (unpaired) electrons. The lowest BCUT2D eigenvalue weighted by Gasteiger charge is -2.19. The predicted molar refractivity (Wildman–Crippen MR) is 109 cm³/mol. The molecule has 1 unspecified atom stereocenters. The number of aryl methyl sites for hydroxylation is 1. The Balaban J connectivity index is 2.05. The maximum absolute atomic E-state index is 12.4. The molecular formula is C20H25N3O4S. The summed E-state index contributed by atoms with van der Waals surface area (Å²) in [6.07, 6.45) is 1.15. The number of nitrogens with one attached hydrogen (secondary N) is 3. The van der Waals surface area contributed by atoms with Gasteiger partial charge >= 0.3 is 0 Å². The van der Waals surface area contributed by atoms with E-state index in [0.717, 1.165) is 17.4 Å². The van der Waals surface area contributed by atoms with Crippen molar-refractivity contribution in [2.75, 3.05) is 11.0 Å². The highest BCUT2D eigenvalue weighted by molar-refractivity contribution is 7.92. The smallest absolute Gasteiger partial charge is 0.229 e. The Hall–Kier alpha value is -2.87. The van der Waals surface area contributed by atoms with Gasteiger partial charge in [0.25, 0.3) is 0 Å². The molecule has 7 nitrogen and oxygen atoms in total. The first-order valence-corrected chi connectivity index (χ1v) is 10.7. The number of amides is 2. The molecule has 0 aromatic heterocycles. The highest BCUT2D eigenvalue weighted by Gasteiger charge is 2.17. The second-order valence-corrected chi connectivity index (χ2v) is 8.42. The first-order valence-electron chi connectivity index (χ1n) is 8.80. The molecule has 0 heterocycles. The maximum Gasteiger partial charge on any atom is 0.229 e. The molecule has 0 saturated carbocycles. The zero-order valence-corrected chi connectivity index (χ0v) is 17.0. The number of sulfonamides is 1. The van der Waals surface area contributed by atoms with Gasteiger partial charge in [-0.2, -0.15) is 0 Å². The van der Waals surface area contributed by atoms with E-state index in [4.69, 9.17) is 0 Å². The fourth-order valence-electron chi connectivity index (χ4n) is 2.72. The lowest BCUT2D eigenvalue weighted by molar-refractivity contribution is -0.122. The van der Waals surface area contributed by atoms with Gasteiger partial charge in [-0.15, -0.1) is 0 Å². The van der Waals surface area contributed by atoms with Crippen LogP contribution in [0.2, 0.25) is 0 Å². The Kier molecular flexibility index (Phi) is 7.17. The number of anilines is 1. The molecule has 8 heteroatoms. The molecule has 0 bridgehead atoms. The molecule has 0 saturated heterocycles. The van der Waals surface area contributed by atoms with Crippen molar-refractivity contribution in [1.29, 1.82) is 0 Å². The van der Waals surface area contributed by atoms with Gasteiger partial charge in [0.1, 0.15) is 0 Å². The van der Waals surface area contributed by atoms with Crippen molar-refractivity contribution in [3.63, 3.8) is 0 Å². The van der Waals surface area contributed by atoms with E-state index in [2.05, 4.69) is 15.4 Å². The Labute approximate surface area is 165 Å². The van der Waals surface area contributed by atoms with Gasteiger partial charge in [0.05, 0.1) is 24.4 Å². The second-order valence-electron chi connectivity index (χ2n) is 6.68. The van der Waals surface area contributed by atoms with Crippen LogP contribution < -0.4 is 15.4 Å². The van der Waals surface area contributed by atoms with E-state index >= 15 is 0 Å². The van der Waals surface area contributed by atoms with Crippen LogP contribution in [0.1, 0.15) is 36.1 Å². The van der Waals surface area contributed by atoms with Crippen molar-refractivity contribution in [3.8, 4) is 0 Å². The summed E-state index contributed by atoms with van der Waals surface area (Å²) in [7, 11) is -3.42. The molecule has 2 aromatic rings. The Morgan fingerprint density at radius 2 is 1.68 bits per heavy atom. The summed E-state index contributed by atoms with van der Waals surface area (Å²) in [6, 6.07) is 14.0. The third-order valence-corrected chi connectivity index (χ3v) is 4.63. The molecule has 28 heavy (non-hydrogen) atoms. The summed E-state index contributed by atoms with van der Waals surface area (Å²) in [5, 5.41) is 5.58. The van der Waals surface area contributed by atoms with Gasteiger partial charge in [0, 0.05) is 13.5 Å². The van der Waals surface area contributed by atoms with Gasteiger partial charge in [-0.25, -0.2) is 8.42 Å². The van der Waals surface area contributed by atoms with Crippen molar-refractivity contribution in [2.45, 2.75) is 32.9 Å². The second kappa shape index (κ2) is 9.36. The Morgan fingerprint density at radius 3 is 2.29 bits per heavy atom. The number of hydrogen-bond acceptors (Lipinski definition) is 4.